The molecule has 1 aromatic rings. The Bertz CT molecular complexity index is 741. The highest BCUT2D eigenvalue weighted by molar-refractivity contribution is 7.86. The van der Waals surface area contributed by atoms with Crippen LogP contribution in [0.3, 0.4) is 0 Å². The lowest BCUT2D eigenvalue weighted by Gasteiger charge is -2.33. The largest absolute Gasteiger partial charge is 0.482 e. The Kier molecular flexibility index (Phi) is 5.50. The Labute approximate surface area is 135 Å². The van der Waals surface area contributed by atoms with Crippen molar-refractivity contribution in [1.29, 1.82) is 0 Å². The van der Waals surface area contributed by atoms with Crippen molar-refractivity contribution in [3.05, 3.63) is 24.3 Å². The van der Waals surface area contributed by atoms with E-state index in [0.29, 0.717) is 11.5 Å². The zero-order chi connectivity index (χ0) is 17.1. The van der Waals surface area contributed by atoms with Gasteiger partial charge < -0.3 is 9.47 Å². The van der Waals surface area contributed by atoms with Crippen LogP contribution in [0.2, 0.25) is 0 Å². The monoisotopic (exact) mass is 366 g/mol. The summed E-state index contributed by atoms with van der Waals surface area (Å²) in [5.41, 5.74) is 0. The molecule has 8 nitrogen and oxygen atoms in total. The van der Waals surface area contributed by atoms with Crippen LogP contribution in [0.15, 0.2) is 24.3 Å². The molecular weight excluding hydrogens is 348 g/mol. The van der Waals surface area contributed by atoms with Crippen LogP contribution in [0.1, 0.15) is 6.42 Å². The lowest BCUT2D eigenvalue weighted by atomic mass is 10.1. The van der Waals surface area contributed by atoms with Crippen LogP contribution in [0.5, 0.6) is 11.5 Å². The van der Waals surface area contributed by atoms with Gasteiger partial charge in [0.1, 0.15) is 12.7 Å². The number of hydrogen-bond acceptors (Lipinski definition) is 8. The van der Waals surface area contributed by atoms with E-state index >= 15 is 0 Å². The van der Waals surface area contributed by atoms with Gasteiger partial charge in [-0.05, 0) is 12.1 Å². The van der Waals surface area contributed by atoms with E-state index in [2.05, 4.69) is 0 Å². The quantitative estimate of drug-likeness (QED) is 0.644. The van der Waals surface area contributed by atoms with E-state index in [1.165, 1.54) is 0 Å². The van der Waals surface area contributed by atoms with Gasteiger partial charge in [0.05, 0.1) is 19.1 Å². The van der Waals surface area contributed by atoms with Crippen molar-refractivity contribution >= 4 is 20.2 Å². The molecule has 130 valence electrons. The molecule has 10 heteroatoms. The number of rotatable bonds is 7. The first-order valence-corrected chi connectivity index (χ1v) is 10.4. The van der Waals surface area contributed by atoms with Crippen LogP contribution in [0, 0.1) is 0 Å². The van der Waals surface area contributed by atoms with Crippen molar-refractivity contribution in [3.63, 3.8) is 0 Å². The minimum absolute atomic E-state index is 0.107. The van der Waals surface area contributed by atoms with Gasteiger partial charge in [0.2, 0.25) is 0 Å². The van der Waals surface area contributed by atoms with Crippen molar-refractivity contribution < 1.29 is 34.7 Å². The van der Waals surface area contributed by atoms with Gasteiger partial charge in [-0.2, -0.15) is 16.8 Å². The third kappa shape index (κ3) is 5.98. The molecule has 0 spiro atoms. The highest BCUT2D eigenvalue weighted by Gasteiger charge is 2.32. The van der Waals surface area contributed by atoms with Gasteiger partial charge in [-0.1, -0.05) is 12.1 Å². The Morgan fingerprint density at radius 1 is 0.913 bits per heavy atom. The predicted octanol–water partition coefficient (Wildman–Crippen LogP) is 0.538. The lowest BCUT2D eigenvalue weighted by molar-refractivity contribution is -0.0122. The maximum Gasteiger partial charge on any atom is 0.264 e. The fourth-order valence-electron chi connectivity index (χ4n) is 2.02. The molecular formula is C13H18O8S2. The van der Waals surface area contributed by atoms with Crippen LogP contribution >= 0.6 is 0 Å². The number of hydrogen-bond donors (Lipinski definition) is 0. The normalized spacial score (nSPS) is 21.1. The molecule has 1 heterocycles. The zero-order valence-electron chi connectivity index (χ0n) is 12.7. The van der Waals surface area contributed by atoms with Crippen molar-refractivity contribution in [3.8, 4) is 11.5 Å². The molecule has 23 heavy (non-hydrogen) atoms. The molecule has 1 aliphatic heterocycles. The van der Waals surface area contributed by atoms with E-state index in [0.717, 1.165) is 12.5 Å². The summed E-state index contributed by atoms with van der Waals surface area (Å²) in [4.78, 5) is 0. The Balaban J connectivity index is 2.07. The van der Waals surface area contributed by atoms with Gasteiger partial charge in [-0.25, -0.2) is 0 Å². The fraction of sp³-hybridized carbons (Fsp3) is 0.538. The molecule has 0 aromatic heterocycles. The average Bonchev–Trinajstić information content (AvgIpc) is 2.42. The first-order valence-electron chi connectivity index (χ1n) is 6.75. The van der Waals surface area contributed by atoms with E-state index in [4.69, 9.17) is 17.8 Å². The molecule has 2 rings (SSSR count). The third-order valence-corrected chi connectivity index (χ3v) is 4.13. The number of para-hydroxylation sites is 2. The van der Waals surface area contributed by atoms with E-state index in [9.17, 15) is 16.8 Å². The molecule has 2 atom stereocenters. The topological polar surface area (TPSA) is 105 Å². The summed E-state index contributed by atoms with van der Waals surface area (Å²) < 4.78 is 65.2. The molecule has 0 saturated carbocycles. The van der Waals surface area contributed by atoms with Gasteiger partial charge in [0, 0.05) is 6.42 Å². The molecule has 0 fully saturated rings. The smallest absolute Gasteiger partial charge is 0.264 e. The standard InChI is InChI=1S/C13H18O8S2/c1-22(14,15)18-8-7-12-13(9-19-23(2,16)17)21-11-6-4-3-5-10(11)20-12/h3-6,12-13H,7-9H2,1-2H3/t12-,13-/m1/s1. The van der Waals surface area contributed by atoms with E-state index in [1.54, 1.807) is 24.3 Å². The van der Waals surface area contributed by atoms with Crippen LogP contribution in [0.4, 0.5) is 0 Å². The Hall–Kier alpha value is -1.36. The highest BCUT2D eigenvalue weighted by atomic mass is 32.2. The van der Waals surface area contributed by atoms with Crippen LogP contribution in [0.25, 0.3) is 0 Å². The molecule has 1 aliphatic rings. The van der Waals surface area contributed by atoms with Gasteiger partial charge in [0.25, 0.3) is 20.2 Å². The van der Waals surface area contributed by atoms with Crippen molar-refractivity contribution in [1.82, 2.24) is 0 Å². The predicted molar refractivity (Wildman–Crippen MR) is 81.5 cm³/mol. The second-order valence-electron chi connectivity index (χ2n) is 5.06. The Morgan fingerprint density at radius 2 is 1.43 bits per heavy atom. The molecule has 0 unspecified atom stereocenters. The average molecular weight is 366 g/mol. The fourth-order valence-corrected chi connectivity index (χ4v) is 2.80. The zero-order valence-corrected chi connectivity index (χ0v) is 14.3. The number of ether oxygens (including phenoxy) is 2. The van der Waals surface area contributed by atoms with Gasteiger partial charge in [-0.15, -0.1) is 0 Å². The minimum atomic E-state index is -3.63. The molecule has 0 radical (unpaired) electrons. The summed E-state index contributed by atoms with van der Waals surface area (Å²) in [6, 6.07) is 6.91. The third-order valence-electron chi connectivity index (χ3n) is 2.97. The van der Waals surface area contributed by atoms with Crippen LogP contribution in [-0.4, -0.2) is 54.8 Å². The van der Waals surface area contributed by atoms with Crippen LogP contribution in [-0.2, 0) is 28.6 Å². The summed E-state index contributed by atoms with van der Waals surface area (Å²) in [5.74, 6) is 0.961. The van der Waals surface area contributed by atoms with Crippen molar-refractivity contribution in [2.24, 2.45) is 0 Å². The molecule has 0 bridgehead atoms. The SMILES string of the molecule is CS(=O)(=O)OCC[C@H]1Oc2ccccc2O[C@@H]1COS(C)(=O)=O. The van der Waals surface area contributed by atoms with E-state index in [-0.39, 0.29) is 19.6 Å². The summed E-state index contributed by atoms with van der Waals surface area (Å²) >= 11 is 0. The van der Waals surface area contributed by atoms with Crippen molar-refractivity contribution in [2.75, 3.05) is 25.7 Å². The van der Waals surface area contributed by atoms with E-state index in [1.807, 2.05) is 0 Å². The van der Waals surface area contributed by atoms with E-state index < -0.39 is 32.4 Å². The molecule has 0 N–H and O–H groups in total. The van der Waals surface area contributed by atoms with Crippen LogP contribution < -0.4 is 9.47 Å². The summed E-state index contributed by atoms with van der Waals surface area (Å²) in [6.45, 7) is -0.346. The minimum Gasteiger partial charge on any atom is -0.482 e. The summed E-state index contributed by atoms with van der Waals surface area (Å²) in [6.07, 6.45) is 0.771. The lowest BCUT2D eigenvalue weighted by Crippen LogP contribution is -2.44. The molecule has 0 amide bonds. The Morgan fingerprint density at radius 3 is 1.96 bits per heavy atom. The summed E-state index contributed by atoms with van der Waals surface area (Å²) in [5, 5.41) is 0. The van der Waals surface area contributed by atoms with Gasteiger partial charge >= 0.3 is 0 Å². The maximum absolute atomic E-state index is 11.1. The summed E-state index contributed by atoms with van der Waals surface area (Å²) in [7, 11) is -7.19. The molecule has 0 aliphatic carbocycles. The van der Waals surface area contributed by atoms with Gasteiger partial charge in [-0.3, -0.25) is 8.37 Å². The molecule has 1 aromatic carbocycles. The first kappa shape index (κ1) is 18.0. The van der Waals surface area contributed by atoms with Crippen molar-refractivity contribution in [2.45, 2.75) is 18.6 Å². The second-order valence-corrected chi connectivity index (χ2v) is 8.35. The number of benzene rings is 1. The highest BCUT2D eigenvalue weighted by Crippen LogP contribution is 2.34. The maximum atomic E-state index is 11.1. The molecule has 0 saturated heterocycles. The van der Waals surface area contributed by atoms with Gasteiger partial charge in [0.15, 0.2) is 17.6 Å². The first-order chi connectivity index (χ1) is 10.6. The number of fused-ring (bicyclic) bond motifs is 1. The second kappa shape index (κ2) is 7.04.